The molecule has 2 aromatic carbocycles. The number of ether oxygens (including phenoxy) is 2. The van der Waals surface area contributed by atoms with Crippen molar-refractivity contribution in [3.63, 3.8) is 0 Å². The highest BCUT2D eigenvalue weighted by molar-refractivity contribution is 5.68. The first-order chi connectivity index (χ1) is 16.8. The minimum Gasteiger partial charge on any atom is -0.457 e. The summed E-state index contributed by atoms with van der Waals surface area (Å²) in [4.78, 5) is 22.6. The van der Waals surface area contributed by atoms with Gasteiger partial charge >= 0.3 is 6.09 Å². The standard InChI is InChI=1S/C25H29N5O3.C2H6/c1-25(2,3)33-24(31)30-14-13-19(16-30)29-23-15-22(26-17-27-23)28-18-9-11-21(12-10-18)32-20-7-5-4-6-8-20;1-2/h4-12,15,17,19H,13-14,16H2,1-3H3,(H2,26,27,28,29);1-2H3. The van der Waals surface area contributed by atoms with Crippen LogP contribution in [0.3, 0.4) is 0 Å². The minimum absolute atomic E-state index is 0.106. The van der Waals surface area contributed by atoms with Gasteiger partial charge in [-0.25, -0.2) is 14.8 Å². The van der Waals surface area contributed by atoms with Crippen LogP contribution < -0.4 is 15.4 Å². The molecule has 1 aliphatic rings. The van der Waals surface area contributed by atoms with Crippen LogP contribution in [0.2, 0.25) is 0 Å². The lowest BCUT2D eigenvalue weighted by Crippen LogP contribution is -2.36. The first kappa shape index (κ1) is 25.8. The second kappa shape index (κ2) is 12.1. The molecule has 2 N–H and O–H groups in total. The van der Waals surface area contributed by atoms with Crippen molar-refractivity contribution in [2.24, 2.45) is 0 Å². The van der Waals surface area contributed by atoms with Gasteiger partial charge in [0.1, 0.15) is 35.1 Å². The van der Waals surface area contributed by atoms with Gasteiger partial charge in [0.2, 0.25) is 0 Å². The molecule has 0 radical (unpaired) electrons. The Bertz CT molecular complexity index is 1070. The lowest BCUT2D eigenvalue weighted by molar-refractivity contribution is 0.0293. The van der Waals surface area contributed by atoms with E-state index in [1.165, 1.54) is 6.33 Å². The van der Waals surface area contributed by atoms with Crippen LogP contribution in [0.1, 0.15) is 41.0 Å². The number of rotatable bonds is 6. The quantitative estimate of drug-likeness (QED) is 0.421. The maximum atomic E-state index is 12.3. The summed E-state index contributed by atoms with van der Waals surface area (Å²) in [6.07, 6.45) is 2.06. The van der Waals surface area contributed by atoms with Gasteiger partial charge in [0.15, 0.2) is 0 Å². The van der Waals surface area contributed by atoms with Crippen LogP contribution in [0.4, 0.5) is 22.1 Å². The molecule has 8 nitrogen and oxygen atoms in total. The van der Waals surface area contributed by atoms with Gasteiger partial charge < -0.3 is 25.0 Å². The van der Waals surface area contributed by atoms with Crippen LogP contribution in [-0.4, -0.2) is 45.7 Å². The summed E-state index contributed by atoms with van der Waals surface area (Å²) in [7, 11) is 0. The van der Waals surface area contributed by atoms with Crippen molar-refractivity contribution in [1.29, 1.82) is 0 Å². The third-order valence-electron chi connectivity index (χ3n) is 4.96. The van der Waals surface area contributed by atoms with Crippen LogP contribution in [0.15, 0.2) is 67.0 Å². The summed E-state index contributed by atoms with van der Waals surface area (Å²) in [5, 5.41) is 6.67. The van der Waals surface area contributed by atoms with Crippen LogP contribution in [-0.2, 0) is 4.74 Å². The number of nitrogens with one attached hydrogen (secondary N) is 2. The van der Waals surface area contributed by atoms with Gasteiger partial charge in [-0.15, -0.1) is 0 Å². The van der Waals surface area contributed by atoms with Crippen molar-refractivity contribution in [1.82, 2.24) is 14.9 Å². The molecule has 1 aliphatic heterocycles. The van der Waals surface area contributed by atoms with Gasteiger partial charge in [-0.05, 0) is 63.6 Å². The molecule has 4 rings (SSSR count). The summed E-state index contributed by atoms with van der Waals surface area (Å²) in [6, 6.07) is 19.3. The molecule has 186 valence electrons. The molecular formula is C27H35N5O3. The Morgan fingerprint density at radius 3 is 2.31 bits per heavy atom. The summed E-state index contributed by atoms with van der Waals surface area (Å²) in [5.74, 6) is 2.92. The number of aromatic nitrogens is 2. The SMILES string of the molecule is CC.CC(C)(C)OC(=O)N1CCC(Nc2cc(Nc3ccc(Oc4ccccc4)cc3)ncn2)C1. The highest BCUT2D eigenvalue weighted by Crippen LogP contribution is 2.25. The molecule has 1 fully saturated rings. The van der Waals surface area contributed by atoms with Gasteiger partial charge in [-0.1, -0.05) is 32.0 Å². The molecule has 0 aliphatic carbocycles. The second-order valence-electron chi connectivity index (χ2n) is 8.91. The van der Waals surface area contributed by atoms with E-state index in [1.54, 1.807) is 4.90 Å². The molecule has 1 unspecified atom stereocenters. The summed E-state index contributed by atoms with van der Waals surface area (Å²) in [5.41, 5.74) is 0.388. The molecule has 3 aromatic rings. The summed E-state index contributed by atoms with van der Waals surface area (Å²) >= 11 is 0. The Morgan fingerprint density at radius 1 is 0.971 bits per heavy atom. The Morgan fingerprint density at radius 2 is 1.63 bits per heavy atom. The second-order valence-corrected chi connectivity index (χ2v) is 8.91. The predicted octanol–water partition coefficient (Wildman–Crippen LogP) is 6.46. The van der Waals surface area contributed by atoms with E-state index < -0.39 is 5.60 Å². The van der Waals surface area contributed by atoms with E-state index in [0.717, 1.165) is 23.6 Å². The average Bonchev–Trinajstić information content (AvgIpc) is 3.30. The first-order valence-corrected chi connectivity index (χ1v) is 12.0. The Hall–Kier alpha value is -3.81. The third kappa shape index (κ3) is 8.17. The Kier molecular flexibility index (Phi) is 8.89. The third-order valence-corrected chi connectivity index (χ3v) is 4.96. The number of para-hydroxylation sites is 1. The molecule has 0 bridgehead atoms. The van der Waals surface area contributed by atoms with Crippen molar-refractivity contribution < 1.29 is 14.3 Å². The van der Waals surface area contributed by atoms with Crippen molar-refractivity contribution >= 4 is 23.4 Å². The monoisotopic (exact) mass is 477 g/mol. The molecule has 35 heavy (non-hydrogen) atoms. The van der Waals surface area contributed by atoms with Gasteiger partial charge in [-0.2, -0.15) is 0 Å². The fourth-order valence-corrected chi connectivity index (χ4v) is 3.46. The number of nitrogens with zero attached hydrogens (tertiary/aromatic N) is 3. The van der Waals surface area contributed by atoms with E-state index in [2.05, 4.69) is 20.6 Å². The maximum absolute atomic E-state index is 12.3. The normalized spacial score (nSPS) is 15.0. The number of hydrogen-bond donors (Lipinski definition) is 2. The zero-order chi connectivity index (χ0) is 25.3. The Balaban J connectivity index is 0.00000167. The average molecular weight is 478 g/mol. The van der Waals surface area contributed by atoms with Crippen molar-refractivity contribution in [3.05, 3.63) is 67.0 Å². The molecule has 8 heteroatoms. The maximum Gasteiger partial charge on any atom is 0.410 e. The minimum atomic E-state index is -0.498. The number of hydrogen-bond acceptors (Lipinski definition) is 7. The number of carbonyl (C=O) groups is 1. The van der Waals surface area contributed by atoms with E-state index in [0.29, 0.717) is 24.7 Å². The zero-order valence-electron chi connectivity index (χ0n) is 21.1. The van der Waals surface area contributed by atoms with Crippen molar-refractivity contribution in [2.75, 3.05) is 23.7 Å². The van der Waals surface area contributed by atoms with Gasteiger partial charge in [0.05, 0.1) is 0 Å². The topological polar surface area (TPSA) is 88.6 Å². The molecule has 2 heterocycles. The van der Waals surface area contributed by atoms with E-state index in [4.69, 9.17) is 9.47 Å². The molecule has 0 spiro atoms. The van der Waals surface area contributed by atoms with E-state index in [-0.39, 0.29) is 12.1 Å². The van der Waals surface area contributed by atoms with Crippen molar-refractivity contribution in [3.8, 4) is 11.5 Å². The zero-order valence-corrected chi connectivity index (χ0v) is 21.1. The van der Waals surface area contributed by atoms with Crippen LogP contribution in [0.25, 0.3) is 0 Å². The number of benzene rings is 2. The molecular weight excluding hydrogens is 442 g/mol. The predicted molar refractivity (Wildman–Crippen MR) is 139 cm³/mol. The Labute approximate surface area is 207 Å². The summed E-state index contributed by atoms with van der Waals surface area (Å²) in [6.45, 7) is 10.8. The van der Waals surface area contributed by atoms with Crippen LogP contribution in [0.5, 0.6) is 11.5 Å². The largest absolute Gasteiger partial charge is 0.457 e. The van der Waals surface area contributed by atoms with Crippen molar-refractivity contribution in [2.45, 2.75) is 52.7 Å². The van der Waals surface area contributed by atoms with E-state index in [9.17, 15) is 4.79 Å². The number of carbonyl (C=O) groups excluding carboxylic acids is 1. The number of amides is 1. The van der Waals surface area contributed by atoms with Gasteiger partial charge in [-0.3, -0.25) is 0 Å². The van der Waals surface area contributed by atoms with Crippen LogP contribution >= 0.6 is 0 Å². The van der Waals surface area contributed by atoms with E-state index in [1.807, 2.05) is 95.3 Å². The smallest absolute Gasteiger partial charge is 0.410 e. The molecule has 1 atom stereocenters. The molecule has 1 aromatic heterocycles. The number of likely N-dealkylation sites (tertiary alicyclic amines) is 1. The summed E-state index contributed by atoms with van der Waals surface area (Å²) < 4.78 is 11.3. The van der Waals surface area contributed by atoms with E-state index >= 15 is 0 Å². The molecule has 1 saturated heterocycles. The highest BCUT2D eigenvalue weighted by atomic mass is 16.6. The molecule has 1 amide bonds. The van der Waals surface area contributed by atoms with Gasteiger partial charge in [0, 0.05) is 30.9 Å². The number of anilines is 3. The lowest BCUT2D eigenvalue weighted by Gasteiger charge is -2.24. The fraction of sp³-hybridized carbons (Fsp3) is 0.370. The molecule has 0 saturated carbocycles. The fourth-order valence-electron chi connectivity index (χ4n) is 3.46. The highest BCUT2D eigenvalue weighted by Gasteiger charge is 2.29. The first-order valence-electron chi connectivity index (χ1n) is 12.0. The van der Waals surface area contributed by atoms with Crippen LogP contribution in [0, 0.1) is 0 Å². The van der Waals surface area contributed by atoms with Gasteiger partial charge in [0.25, 0.3) is 0 Å². The lowest BCUT2D eigenvalue weighted by atomic mass is 10.2.